The van der Waals surface area contributed by atoms with Crippen molar-refractivity contribution in [3.05, 3.63) is 89.8 Å². The van der Waals surface area contributed by atoms with Crippen LogP contribution in [0.2, 0.25) is 0 Å². The van der Waals surface area contributed by atoms with E-state index in [4.69, 9.17) is 10.1 Å². The van der Waals surface area contributed by atoms with E-state index in [-0.39, 0.29) is 37.1 Å². The Kier molecular flexibility index (Phi) is 6.48. The van der Waals surface area contributed by atoms with Gasteiger partial charge in [-0.05, 0) is 57.6 Å². The van der Waals surface area contributed by atoms with Crippen LogP contribution in [0.1, 0.15) is 38.8 Å². The summed E-state index contributed by atoms with van der Waals surface area (Å²) in [6, 6.07) is 23.1. The molecule has 0 amide bonds. The summed E-state index contributed by atoms with van der Waals surface area (Å²) in [7, 11) is 0. The van der Waals surface area contributed by atoms with Crippen LogP contribution >= 0.6 is 11.3 Å². The van der Waals surface area contributed by atoms with E-state index in [0.717, 1.165) is 11.3 Å². The zero-order valence-electron chi connectivity index (χ0n) is 19.4. The first-order valence-corrected chi connectivity index (χ1v) is 11.7. The molecule has 34 heavy (non-hydrogen) atoms. The average molecular weight is 643 g/mol. The number of aromatic nitrogens is 1. The Hall–Kier alpha value is -2.85. The second-order valence-electron chi connectivity index (χ2n) is 8.96. The van der Waals surface area contributed by atoms with Crippen LogP contribution in [0.5, 0.6) is 0 Å². The van der Waals surface area contributed by atoms with E-state index in [1.165, 1.54) is 62.0 Å². The number of carbonyl (C=O) groups is 1. The van der Waals surface area contributed by atoms with Crippen molar-refractivity contribution in [2.75, 3.05) is 0 Å². The molecule has 3 nitrogen and oxygen atoms in total. The molecule has 5 heteroatoms. The van der Waals surface area contributed by atoms with Crippen LogP contribution < -0.4 is 0 Å². The van der Waals surface area contributed by atoms with Crippen molar-refractivity contribution in [1.29, 1.82) is 0 Å². The molecule has 2 heterocycles. The summed E-state index contributed by atoms with van der Waals surface area (Å²) in [5.41, 5.74) is 4.79. The standard InChI is InChI=1S/C24H16NS.C5H8O2.Ir/c1-24(2)17-10-6-12-19-21(17)20-16(9-5-11-18(20)26-19)23-22(24)15-8-4-3-7-14(15)13-25-23;1-4(6)3-5(2)7;/h3-8,10-13H,1-2H3;3,6H,1-2H3;/q-1;;/b;4-3-;. The van der Waals surface area contributed by atoms with Gasteiger partial charge in [0.1, 0.15) is 0 Å². The summed E-state index contributed by atoms with van der Waals surface area (Å²) in [5.74, 6) is -0.0625. The van der Waals surface area contributed by atoms with Crippen LogP contribution in [0.15, 0.2) is 72.6 Å². The monoisotopic (exact) mass is 643 g/mol. The van der Waals surface area contributed by atoms with Gasteiger partial charge in [0.15, 0.2) is 5.78 Å². The molecule has 2 aromatic heterocycles. The van der Waals surface area contributed by atoms with Gasteiger partial charge in [-0.25, -0.2) is 0 Å². The molecule has 3 aromatic carbocycles. The van der Waals surface area contributed by atoms with Crippen LogP contribution in [0.25, 0.3) is 42.2 Å². The molecule has 1 aliphatic rings. The van der Waals surface area contributed by atoms with Crippen molar-refractivity contribution in [2.24, 2.45) is 0 Å². The Labute approximate surface area is 216 Å². The maximum Gasteiger partial charge on any atom is 0.155 e. The fraction of sp³-hybridized carbons (Fsp3) is 0.172. The van der Waals surface area contributed by atoms with Gasteiger partial charge in [0.2, 0.25) is 0 Å². The number of thiophene rings is 1. The number of fused-ring (bicyclic) bond motifs is 4. The Morgan fingerprint density at radius 2 is 1.76 bits per heavy atom. The molecule has 5 aromatic rings. The Balaban J connectivity index is 0.000000303. The number of allylic oxidation sites excluding steroid dienone is 2. The van der Waals surface area contributed by atoms with Gasteiger partial charge in [-0.3, -0.25) is 4.79 Å². The molecule has 0 aliphatic heterocycles. The maximum atomic E-state index is 10.0. The average Bonchev–Trinajstić information content (AvgIpc) is 3.12. The van der Waals surface area contributed by atoms with Gasteiger partial charge < -0.3 is 10.1 Å². The SMILES string of the molecule is CC(=O)/C=C(/C)O.CC1(C)c2c(ncc3ccccc23)-c2[c-]ccc3sc4cccc1c4c23.[Ir]. The predicted octanol–water partition coefficient (Wildman–Crippen LogP) is 7.74. The molecular formula is C29H24IrNO2S-. The smallest absolute Gasteiger partial charge is 0.155 e. The number of rotatable bonds is 1. The zero-order chi connectivity index (χ0) is 23.3. The molecule has 0 saturated carbocycles. The van der Waals surface area contributed by atoms with Crippen molar-refractivity contribution in [2.45, 2.75) is 33.1 Å². The third-order valence-electron chi connectivity index (χ3n) is 6.20. The van der Waals surface area contributed by atoms with Crippen LogP contribution in [0.3, 0.4) is 0 Å². The summed E-state index contributed by atoms with van der Waals surface area (Å²) in [6.45, 7) is 7.52. The number of hydrogen-bond acceptors (Lipinski definition) is 4. The largest absolute Gasteiger partial charge is 0.512 e. The zero-order valence-corrected chi connectivity index (χ0v) is 22.6. The van der Waals surface area contributed by atoms with Crippen molar-refractivity contribution in [3.63, 3.8) is 0 Å². The second-order valence-corrected chi connectivity index (χ2v) is 10.0. The minimum absolute atomic E-state index is 0. The Morgan fingerprint density at radius 1 is 1.03 bits per heavy atom. The van der Waals surface area contributed by atoms with E-state index in [9.17, 15) is 4.79 Å². The number of nitrogens with zero attached hydrogens (tertiary/aromatic N) is 1. The summed E-state index contributed by atoms with van der Waals surface area (Å²) in [6.07, 6.45) is 3.18. The number of carbonyl (C=O) groups excluding carboxylic acids is 1. The van der Waals surface area contributed by atoms with Gasteiger partial charge in [0, 0.05) is 42.5 Å². The van der Waals surface area contributed by atoms with Gasteiger partial charge >= 0.3 is 0 Å². The van der Waals surface area contributed by atoms with Crippen LogP contribution in [-0.4, -0.2) is 15.9 Å². The van der Waals surface area contributed by atoms with Crippen LogP contribution in [0.4, 0.5) is 0 Å². The molecule has 1 aliphatic carbocycles. The van der Waals surface area contributed by atoms with Crippen LogP contribution in [-0.2, 0) is 30.3 Å². The van der Waals surface area contributed by atoms with E-state index >= 15 is 0 Å². The number of hydrogen-bond donors (Lipinski definition) is 1. The number of benzene rings is 3. The molecule has 6 rings (SSSR count). The Morgan fingerprint density at radius 3 is 2.47 bits per heavy atom. The van der Waals surface area contributed by atoms with Gasteiger partial charge in [0.25, 0.3) is 0 Å². The molecule has 0 unspecified atom stereocenters. The first-order chi connectivity index (χ1) is 15.8. The fourth-order valence-corrected chi connectivity index (χ4v) is 6.07. The van der Waals surface area contributed by atoms with E-state index in [1.807, 2.05) is 23.6 Å². The van der Waals surface area contributed by atoms with E-state index in [2.05, 4.69) is 68.4 Å². The van der Waals surface area contributed by atoms with Gasteiger partial charge in [-0.1, -0.05) is 55.6 Å². The van der Waals surface area contributed by atoms with E-state index in [1.54, 1.807) is 0 Å². The molecule has 173 valence electrons. The molecular weight excluding hydrogens is 619 g/mol. The Bertz CT molecular complexity index is 1590. The van der Waals surface area contributed by atoms with Crippen molar-refractivity contribution in [1.82, 2.24) is 4.98 Å². The summed E-state index contributed by atoms with van der Waals surface area (Å²) >= 11 is 1.87. The van der Waals surface area contributed by atoms with E-state index in [0.29, 0.717) is 0 Å². The van der Waals surface area contributed by atoms with Gasteiger partial charge in [0.05, 0.1) is 5.76 Å². The predicted molar refractivity (Wildman–Crippen MR) is 138 cm³/mol. The third-order valence-corrected chi connectivity index (χ3v) is 7.32. The third kappa shape index (κ3) is 3.88. The fourth-order valence-electron chi connectivity index (χ4n) is 4.93. The summed E-state index contributed by atoms with van der Waals surface area (Å²) in [5, 5.41) is 13.5. The van der Waals surface area contributed by atoms with Crippen molar-refractivity contribution < 1.29 is 30.0 Å². The summed E-state index contributed by atoms with van der Waals surface area (Å²) < 4.78 is 2.67. The molecule has 0 atom stereocenters. The van der Waals surface area contributed by atoms with Crippen molar-refractivity contribution >= 4 is 48.1 Å². The molecule has 0 fully saturated rings. The first kappa shape index (κ1) is 24.3. The number of aliphatic hydroxyl groups is 1. The van der Waals surface area contributed by atoms with Crippen LogP contribution in [0, 0.1) is 6.07 Å². The minimum atomic E-state index is -0.135. The van der Waals surface area contributed by atoms with Gasteiger partial charge in [-0.15, -0.1) is 23.8 Å². The number of aliphatic hydroxyl groups excluding tert-OH is 1. The number of ketones is 1. The minimum Gasteiger partial charge on any atom is -0.512 e. The molecule has 0 bridgehead atoms. The molecule has 1 radical (unpaired) electrons. The van der Waals surface area contributed by atoms with E-state index < -0.39 is 0 Å². The normalized spacial score (nSPS) is 13.7. The maximum absolute atomic E-state index is 10.0. The topological polar surface area (TPSA) is 50.2 Å². The second kappa shape index (κ2) is 9.07. The number of pyridine rings is 1. The van der Waals surface area contributed by atoms with Crippen molar-refractivity contribution in [3.8, 4) is 11.3 Å². The quantitative estimate of drug-likeness (QED) is 0.116. The molecule has 1 N–H and O–H groups in total. The molecule has 0 saturated heterocycles. The molecule has 0 spiro atoms. The first-order valence-electron chi connectivity index (χ1n) is 10.9. The van der Waals surface area contributed by atoms with Gasteiger partial charge in [-0.2, -0.15) is 11.3 Å². The summed E-state index contributed by atoms with van der Waals surface area (Å²) in [4.78, 5) is 15.0.